The van der Waals surface area contributed by atoms with Crippen LogP contribution in [0.4, 0.5) is 0 Å². The number of ether oxygens (including phenoxy) is 1. The van der Waals surface area contributed by atoms with Gasteiger partial charge in [-0.3, -0.25) is 9.59 Å². The van der Waals surface area contributed by atoms with Gasteiger partial charge in [0.1, 0.15) is 6.10 Å². The summed E-state index contributed by atoms with van der Waals surface area (Å²) in [5, 5.41) is 23.7. The minimum absolute atomic E-state index is 0.0697. The van der Waals surface area contributed by atoms with Crippen LogP contribution in [0.5, 0.6) is 0 Å². The van der Waals surface area contributed by atoms with Crippen molar-refractivity contribution in [2.24, 2.45) is 0 Å². The van der Waals surface area contributed by atoms with Crippen LogP contribution in [0.15, 0.2) is 48.6 Å². The molecule has 3 atom stereocenters. The van der Waals surface area contributed by atoms with Crippen LogP contribution in [0.2, 0.25) is 0 Å². The summed E-state index contributed by atoms with van der Waals surface area (Å²) in [4.78, 5) is 26.0. The van der Waals surface area contributed by atoms with E-state index in [9.17, 15) is 19.8 Å². The molecule has 0 bridgehead atoms. The highest BCUT2D eigenvalue weighted by Crippen LogP contribution is 2.18. The number of hydrogen-bond donors (Lipinski definition) is 3. The molecule has 3 unspecified atom stereocenters. The Hall–Kier alpha value is -2.18. The van der Waals surface area contributed by atoms with E-state index in [1.165, 1.54) is 116 Å². The van der Waals surface area contributed by atoms with E-state index in [0.29, 0.717) is 19.3 Å². The molecular weight excluding hydrogens is 707 g/mol. The Balaban J connectivity index is 4.59. The number of rotatable bonds is 43. The lowest BCUT2D eigenvalue weighted by Crippen LogP contribution is -2.46. The lowest BCUT2D eigenvalue weighted by atomic mass is 10.0. The fourth-order valence-corrected chi connectivity index (χ4v) is 7.32. The summed E-state index contributed by atoms with van der Waals surface area (Å²) in [7, 11) is 0. The van der Waals surface area contributed by atoms with Crippen molar-refractivity contribution < 1.29 is 24.5 Å². The molecule has 1 amide bonds. The van der Waals surface area contributed by atoms with Crippen molar-refractivity contribution in [1.29, 1.82) is 0 Å². The molecule has 3 N–H and O–H groups in total. The summed E-state index contributed by atoms with van der Waals surface area (Å²) in [6.07, 6.45) is 53.1. The fourth-order valence-electron chi connectivity index (χ4n) is 7.32. The van der Waals surface area contributed by atoms with Crippen molar-refractivity contribution in [2.45, 2.75) is 257 Å². The second kappa shape index (κ2) is 44.9. The van der Waals surface area contributed by atoms with Gasteiger partial charge in [0.25, 0.3) is 0 Å². The number of allylic oxidation sites excluding steroid dienone is 8. The molecule has 0 saturated carbocycles. The van der Waals surface area contributed by atoms with Gasteiger partial charge >= 0.3 is 5.97 Å². The minimum Gasteiger partial charge on any atom is -0.462 e. The third-order valence-corrected chi connectivity index (χ3v) is 11.0. The summed E-state index contributed by atoms with van der Waals surface area (Å²) in [5.41, 5.74) is 0. The first-order valence-electron chi connectivity index (χ1n) is 24.4. The van der Waals surface area contributed by atoms with Crippen molar-refractivity contribution in [2.75, 3.05) is 6.61 Å². The molecule has 0 aliphatic carbocycles. The third kappa shape index (κ3) is 40.4. The smallest absolute Gasteiger partial charge is 0.306 e. The molecule has 6 heteroatoms. The van der Waals surface area contributed by atoms with Gasteiger partial charge in [-0.1, -0.05) is 230 Å². The summed E-state index contributed by atoms with van der Waals surface area (Å²) >= 11 is 0. The molecule has 0 aromatic rings. The largest absolute Gasteiger partial charge is 0.462 e. The number of carbonyl (C=O) groups excluding carboxylic acids is 2. The summed E-state index contributed by atoms with van der Waals surface area (Å²) < 4.78 is 5.91. The highest BCUT2D eigenvalue weighted by molar-refractivity contribution is 5.77. The second-order valence-corrected chi connectivity index (χ2v) is 16.6. The van der Waals surface area contributed by atoms with E-state index in [4.69, 9.17) is 4.74 Å². The molecule has 0 aliphatic rings. The SMILES string of the molecule is CC/C=C/C=C/C=C/C=C\CCCCCCCC(=O)OC(CCCCCCCCCCCCC)CC(=O)NC(CO)C(O)CCCCCCCCCCCCCC. The van der Waals surface area contributed by atoms with Crippen LogP contribution in [-0.2, 0) is 14.3 Å². The molecule has 0 heterocycles. The van der Waals surface area contributed by atoms with Gasteiger partial charge in [0.2, 0.25) is 5.91 Å². The van der Waals surface area contributed by atoms with Crippen LogP contribution in [-0.4, -0.2) is 46.9 Å². The number of unbranched alkanes of at least 4 members (excludes halogenated alkanes) is 26. The topological polar surface area (TPSA) is 95.9 Å². The average molecular weight is 800 g/mol. The molecule has 0 radical (unpaired) electrons. The first-order valence-corrected chi connectivity index (χ1v) is 24.4. The number of nitrogens with one attached hydrogen (secondary N) is 1. The van der Waals surface area contributed by atoms with Crippen LogP contribution < -0.4 is 5.32 Å². The Morgan fingerprint density at radius 3 is 1.44 bits per heavy atom. The van der Waals surface area contributed by atoms with Crippen molar-refractivity contribution in [3.63, 3.8) is 0 Å². The molecule has 0 spiro atoms. The molecule has 0 saturated heterocycles. The van der Waals surface area contributed by atoms with E-state index in [1.54, 1.807) is 0 Å². The van der Waals surface area contributed by atoms with E-state index in [-0.39, 0.29) is 24.9 Å². The lowest BCUT2D eigenvalue weighted by molar-refractivity contribution is -0.151. The van der Waals surface area contributed by atoms with Gasteiger partial charge < -0.3 is 20.3 Å². The normalized spacial score (nSPS) is 13.7. The maximum atomic E-state index is 13.2. The minimum atomic E-state index is -0.789. The molecular formula is C51H93NO5. The molecule has 0 rings (SSSR count). The number of hydrogen-bond acceptors (Lipinski definition) is 5. The zero-order chi connectivity index (χ0) is 41.7. The van der Waals surface area contributed by atoms with E-state index >= 15 is 0 Å². The quantitative estimate of drug-likeness (QED) is 0.0324. The monoisotopic (exact) mass is 800 g/mol. The molecule has 332 valence electrons. The summed E-state index contributed by atoms with van der Waals surface area (Å²) in [6, 6.07) is -0.703. The van der Waals surface area contributed by atoms with Gasteiger partial charge in [0, 0.05) is 6.42 Å². The van der Waals surface area contributed by atoms with Crippen molar-refractivity contribution in [3.8, 4) is 0 Å². The molecule has 0 aromatic carbocycles. The Morgan fingerprint density at radius 2 is 0.947 bits per heavy atom. The Bertz CT molecular complexity index is 988. The third-order valence-electron chi connectivity index (χ3n) is 11.0. The van der Waals surface area contributed by atoms with E-state index in [2.05, 4.69) is 56.5 Å². The Kier molecular flexibility index (Phi) is 43.2. The van der Waals surface area contributed by atoms with Crippen molar-refractivity contribution in [1.82, 2.24) is 5.32 Å². The number of aliphatic hydroxyl groups is 2. The molecule has 0 aliphatic heterocycles. The molecule has 57 heavy (non-hydrogen) atoms. The Labute approximate surface area is 353 Å². The van der Waals surface area contributed by atoms with Crippen LogP contribution >= 0.6 is 0 Å². The first-order chi connectivity index (χ1) is 28.0. The van der Waals surface area contributed by atoms with Gasteiger partial charge in [-0.25, -0.2) is 0 Å². The molecule has 0 aromatic heterocycles. The molecule has 6 nitrogen and oxygen atoms in total. The lowest BCUT2D eigenvalue weighted by Gasteiger charge is -2.24. The zero-order valence-corrected chi connectivity index (χ0v) is 37.7. The number of aliphatic hydroxyl groups excluding tert-OH is 2. The van der Waals surface area contributed by atoms with Crippen LogP contribution in [0.3, 0.4) is 0 Å². The summed E-state index contributed by atoms with van der Waals surface area (Å²) in [5.74, 6) is -0.496. The predicted molar refractivity (Wildman–Crippen MR) is 245 cm³/mol. The van der Waals surface area contributed by atoms with Crippen LogP contribution in [0.25, 0.3) is 0 Å². The predicted octanol–water partition coefficient (Wildman–Crippen LogP) is 14.3. The standard InChI is InChI=1S/C51H93NO5/c1-4-7-10-13-16-19-22-24-25-26-29-32-35-38-41-44-51(56)57-47(42-39-36-33-30-27-21-18-15-12-9-6-3)45-50(55)52-48(46-53)49(54)43-40-37-34-31-28-23-20-17-14-11-8-5-2/h7,10,13,16,19,22,24-25,47-49,53-54H,4-6,8-9,11-12,14-15,17-18,20-21,23,26-46H2,1-3H3,(H,52,55)/b10-7+,16-13+,22-19+,25-24-. The zero-order valence-electron chi connectivity index (χ0n) is 37.7. The fraction of sp³-hybridized carbons (Fsp3) is 0.804. The number of carbonyl (C=O) groups is 2. The maximum Gasteiger partial charge on any atom is 0.306 e. The average Bonchev–Trinajstić information content (AvgIpc) is 3.20. The van der Waals surface area contributed by atoms with E-state index < -0.39 is 18.2 Å². The number of amides is 1. The van der Waals surface area contributed by atoms with Gasteiger partial charge in [0.05, 0.1) is 25.2 Å². The number of esters is 1. The van der Waals surface area contributed by atoms with Crippen molar-refractivity contribution in [3.05, 3.63) is 48.6 Å². The van der Waals surface area contributed by atoms with Crippen molar-refractivity contribution >= 4 is 11.9 Å². The van der Waals surface area contributed by atoms with Gasteiger partial charge in [-0.05, 0) is 44.9 Å². The van der Waals surface area contributed by atoms with Gasteiger partial charge in [-0.15, -0.1) is 0 Å². The van der Waals surface area contributed by atoms with E-state index in [1.807, 2.05) is 18.2 Å². The second-order valence-electron chi connectivity index (χ2n) is 16.6. The maximum absolute atomic E-state index is 13.2. The van der Waals surface area contributed by atoms with Gasteiger partial charge in [0.15, 0.2) is 0 Å². The summed E-state index contributed by atoms with van der Waals surface area (Å²) in [6.45, 7) is 6.33. The first kappa shape index (κ1) is 54.8. The van der Waals surface area contributed by atoms with Gasteiger partial charge in [-0.2, -0.15) is 0 Å². The van der Waals surface area contributed by atoms with Crippen LogP contribution in [0, 0.1) is 0 Å². The molecule has 0 fully saturated rings. The highest BCUT2D eigenvalue weighted by Gasteiger charge is 2.24. The van der Waals surface area contributed by atoms with Crippen LogP contribution in [0.1, 0.15) is 239 Å². The Morgan fingerprint density at radius 1 is 0.526 bits per heavy atom. The van der Waals surface area contributed by atoms with E-state index in [0.717, 1.165) is 77.0 Å². The highest BCUT2D eigenvalue weighted by atomic mass is 16.5.